The molecule has 3 rings (SSSR count). The van der Waals surface area contributed by atoms with Gasteiger partial charge in [0.05, 0.1) is 16.1 Å². The lowest BCUT2D eigenvalue weighted by molar-refractivity contribution is -0.120. The van der Waals surface area contributed by atoms with Gasteiger partial charge in [-0.25, -0.2) is 8.78 Å². The summed E-state index contributed by atoms with van der Waals surface area (Å²) >= 11 is 9.53. The molecule has 3 aromatic rings. The monoisotopic (exact) mass is 593 g/mol. The Morgan fingerprint density at radius 3 is 2.24 bits per heavy atom. The van der Waals surface area contributed by atoms with Gasteiger partial charge >= 0.3 is 0 Å². The summed E-state index contributed by atoms with van der Waals surface area (Å²) in [6.45, 7) is 1.05. The average molecular weight is 595 g/mol. The molecule has 3 aromatic carbocycles. The van der Waals surface area contributed by atoms with E-state index in [0.717, 1.165) is 4.47 Å². The first-order valence-electron chi connectivity index (χ1n) is 11.1. The van der Waals surface area contributed by atoms with Crippen LogP contribution in [0.5, 0.6) is 5.75 Å². The number of carbonyl (C=O) groups excluding carboxylic acids is 3. The van der Waals surface area contributed by atoms with Crippen LogP contribution in [0.1, 0.15) is 39.6 Å². The fraction of sp³-hybridized carbons (Fsp3) is 0.192. The highest BCUT2D eigenvalue weighted by atomic mass is 79.9. The van der Waals surface area contributed by atoms with E-state index in [4.69, 9.17) is 16.3 Å². The van der Waals surface area contributed by atoms with Gasteiger partial charge in [-0.3, -0.25) is 14.4 Å². The molecule has 0 bridgehead atoms. The van der Waals surface area contributed by atoms with Gasteiger partial charge in [0, 0.05) is 28.8 Å². The zero-order valence-electron chi connectivity index (χ0n) is 19.6. The number of hydrogen-bond donors (Lipinski definition) is 3. The van der Waals surface area contributed by atoms with Crippen molar-refractivity contribution < 1.29 is 27.9 Å². The lowest BCUT2D eigenvalue weighted by Gasteiger charge is -2.14. The molecule has 0 aliphatic rings. The van der Waals surface area contributed by atoms with Crippen LogP contribution in [0.3, 0.4) is 0 Å². The van der Waals surface area contributed by atoms with Crippen molar-refractivity contribution in [2.45, 2.75) is 26.3 Å². The van der Waals surface area contributed by atoms with E-state index in [1.807, 2.05) is 0 Å². The van der Waals surface area contributed by atoms with Crippen LogP contribution >= 0.6 is 27.5 Å². The van der Waals surface area contributed by atoms with Crippen LogP contribution in [0.25, 0.3) is 0 Å². The maximum Gasteiger partial charge on any atom is 0.272 e. The van der Waals surface area contributed by atoms with Crippen molar-refractivity contribution in [3.63, 3.8) is 0 Å². The van der Waals surface area contributed by atoms with Gasteiger partial charge < -0.3 is 20.7 Å². The van der Waals surface area contributed by atoms with Gasteiger partial charge in [-0.15, -0.1) is 0 Å². The van der Waals surface area contributed by atoms with Crippen molar-refractivity contribution in [2.24, 2.45) is 0 Å². The molecule has 0 aliphatic heterocycles. The van der Waals surface area contributed by atoms with Crippen molar-refractivity contribution in [1.82, 2.24) is 5.32 Å². The largest absolute Gasteiger partial charge is 0.487 e. The normalized spacial score (nSPS) is 10.6. The van der Waals surface area contributed by atoms with Gasteiger partial charge in [0.1, 0.15) is 12.4 Å². The van der Waals surface area contributed by atoms with Crippen LogP contribution in [0.4, 0.5) is 20.2 Å². The molecule has 0 heterocycles. The Kier molecular flexibility index (Phi) is 9.99. The third kappa shape index (κ3) is 8.26. The van der Waals surface area contributed by atoms with Gasteiger partial charge in [-0.1, -0.05) is 40.5 Å². The minimum Gasteiger partial charge on any atom is -0.487 e. The highest BCUT2D eigenvalue weighted by Gasteiger charge is 2.18. The van der Waals surface area contributed by atoms with E-state index in [1.165, 1.54) is 18.2 Å². The Bertz CT molecular complexity index is 1290. The number of rotatable bonds is 10. The number of anilines is 2. The zero-order chi connectivity index (χ0) is 26.9. The fourth-order valence-corrected chi connectivity index (χ4v) is 3.64. The Morgan fingerprint density at radius 2 is 1.57 bits per heavy atom. The first-order chi connectivity index (χ1) is 17.7. The van der Waals surface area contributed by atoms with Crippen LogP contribution in [0.2, 0.25) is 5.02 Å². The summed E-state index contributed by atoms with van der Waals surface area (Å²) in [6.07, 6.45) is -2.41. The molecule has 3 N–H and O–H groups in total. The molecule has 0 fully saturated rings. The van der Waals surface area contributed by atoms with E-state index in [1.54, 1.807) is 49.4 Å². The highest BCUT2D eigenvalue weighted by Crippen LogP contribution is 2.27. The van der Waals surface area contributed by atoms with Gasteiger partial charge in [0.15, 0.2) is 0 Å². The molecule has 7 nitrogen and oxygen atoms in total. The molecule has 0 spiro atoms. The molecule has 0 atom stereocenters. The molecular weight excluding hydrogens is 572 g/mol. The third-order valence-electron chi connectivity index (χ3n) is 5.04. The SMILES string of the molecule is CCC(=O)NCc1ccc(Cl)c(C(=O)Nc2ccc(OCC(F)F)c(C(=O)Nc3ccc(Br)cc3)c2)c1. The number of hydrogen-bond acceptors (Lipinski definition) is 4. The van der Waals surface area contributed by atoms with Crippen molar-refractivity contribution in [2.75, 3.05) is 17.2 Å². The predicted octanol–water partition coefficient (Wildman–Crippen LogP) is 6.28. The zero-order valence-corrected chi connectivity index (χ0v) is 22.0. The Balaban J connectivity index is 1.83. The lowest BCUT2D eigenvalue weighted by atomic mass is 10.1. The summed E-state index contributed by atoms with van der Waals surface area (Å²) in [4.78, 5) is 37.5. The van der Waals surface area contributed by atoms with Crippen LogP contribution < -0.4 is 20.7 Å². The Morgan fingerprint density at radius 1 is 0.919 bits per heavy atom. The number of alkyl halides is 2. The minimum atomic E-state index is -2.74. The molecule has 0 saturated heterocycles. The summed E-state index contributed by atoms with van der Waals surface area (Å²) in [7, 11) is 0. The average Bonchev–Trinajstić information content (AvgIpc) is 2.88. The quantitative estimate of drug-likeness (QED) is 0.258. The van der Waals surface area contributed by atoms with Crippen molar-refractivity contribution in [3.8, 4) is 5.75 Å². The first-order valence-corrected chi connectivity index (χ1v) is 12.3. The summed E-state index contributed by atoms with van der Waals surface area (Å²) in [5, 5.41) is 8.25. The third-order valence-corrected chi connectivity index (χ3v) is 5.89. The number of ether oxygens (including phenoxy) is 1. The number of nitrogens with one attached hydrogen (secondary N) is 3. The second-order valence-corrected chi connectivity index (χ2v) is 9.10. The second kappa shape index (κ2) is 13.2. The minimum absolute atomic E-state index is 0.0523. The van der Waals surface area contributed by atoms with Gasteiger partial charge in [0.2, 0.25) is 5.91 Å². The van der Waals surface area contributed by atoms with Crippen LogP contribution in [0, 0.1) is 0 Å². The smallest absolute Gasteiger partial charge is 0.272 e. The molecule has 0 saturated carbocycles. The van der Waals surface area contributed by atoms with Crippen LogP contribution in [0.15, 0.2) is 65.1 Å². The molecule has 37 heavy (non-hydrogen) atoms. The van der Waals surface area contributed by atoms with E-state index in [-0.39, 0.29) is 40.0 Å². The summed E-state index contributed by atoms with van der Waals surface area (Å²) in [5.41, 5.74) is 1.46. The van der Waals surface area contributed by atoms with Crippen LogP contribution in [-0.2, 0) is 11.3 Å². The van der Waals surface area contributed by atoms with E-state index < -0.39 is 24.8 Å². The molecule has 0 unspecified atom stereocenters. The van der Waals surface area contributed by atoms with Gasteiger partial charge in [0.25, 0.3) is 18.2 Å². The molecule has 194 valence electrons. The predicted molar refractivity (Wildman–Crippen MR) is 142 cm³/mol. The topological polar surface area (TPSA) is 96.5 Å². The maximum absolute atomic E-state index is 13.0. The molecule has 0 aliphatic carbocycles. The Labute approximate surface area is 225 Å². The highest BCUT2D eigenvalue weighted by molar-refractivity contribution is 9.10. The van der Waals surface area contributed by atoms with E-state index in [9.17, 15) is 23.2 Å². The number of amides is 3. The fourth-order valence-electron chi connectivity index (χ4n) is 3.18. The van der Waals surface area contributed by atoms with Crippen molar-refractivity contribution >= 4 is 56.6 Å². The molecular formula is C26H23BrClF2N3O4. The lowest BCUT2D eigenvalue weighted by Crippen LogP contribution is -2.22. The standard InChI is InChI=1S/C26H23BrClF2N3O4/c1-2-24(34)31-13-15-3-9-21(28)19(11-15)25(35)33-18-8-10-22(37-14-23(29)30)20(12-18)26(36)32-17-6-4-16(27)5-7-17/h3-12,23H,2,13-14H2,1H3,(H,31,34)(H,32,36)(H,33,35). The van der Waals surface area contributed by atoms with E-state index >= 15 is 0 Å². The van der Waals surface area contributed by atoms with Crippen molar-refractivity contribution in [3.05, 3.63) is 86.8 Å². The van der Waals surface area contributed by atoms with Crippen LogP contribution in [-0.4, -0.2) is 30.8 Å². The molecule has 0 aromatic heterocycles. The molecule has 0 radical (unpaired) electrons. The summed E-state index contributed by atoms with van der Waals surface area (Å²) < 4.78 is 31.4. The summed E-state index contributed by atoms with van der Waals surface area (Å²) in [6, 6.07) is 15.6. The van der Waals surface area contributed by atoms with E-state index in [0.29, 0.717) is 17.7 Å². The number of halogens is 4. The summed E-state index contributed by atoms with van der Waals surface area (Å²) in [5.74, 6) is -1.38. The van der Waals surface area contributed by atoms with Crippen molar-refractivity contribution in [1.29, 1.82) is 0 Å². The maximum atomic E-state index is 13.0. The first kappa shape index (κ1) is 28.1. The van der Waals surface area contributed by atoms with Gasteiger partial charge in [-0.2, -0.15) is 0 Å². The Hall–Kier alpha value is -3.50. The molecule has 3 amide bonds. The van der Waals surface area contributed by atoms with E-state index in [2.05, 4.69) is 31.9 Å². The number of carbonyl (C=O) groups is 3. The number of benzene rings is 3. The molecule has 11 heteroatoms. The second-order valence-electron chi connectivity index (χ2n) is 7.77. The van der Waals surface area contributed by atoms with Gasteiger partial charge in [-0.05, 0) is 60.2 Å².